The van der Waals surface area contributed by atoms with Gasteiger partial charge >= 0.3 is 5.97 Å². The SMILES string of the molecule is Cc1nc(C#N)c(=O)[nH]c1C(=O)O. The summed E-state index contributed by atoms with van der Waals surface area (Å²) in [5, 5.41) is 17.0. The Bertz CT molecular complexity index is 455. The van der Waals surface area contributed by atoms with Crippen LogP contribution in [0.2, 0.25) is 0 Å². The highest BCUT2D eigenvalue weighted by atomic mass is 16.4. The molecule has 1 heterocycles. The second-order valence-corrected chi connectivity index (χ2v) is 2.29. The average molecular weight is 179 g/mol. The van der Waals surface area contributed by atoms with E-state index in [9.17, 15) is 9.59 Å². The molecule has 1 aromatic rings. The van der Waals surface area contributed by atoms with Crippen LogP contribution in [0.3, 0.4) is 0 Å². The number of nitriles is 1. The number of hydrogen-bond donors (Lipinski definition) is 2. The Labute approximate surface area is 72.5 Å². The first kappa shape index (κ1) is 8.93. The summed E-state index contributed by atoms with van der Waals surface area (Å²) in [5.41, 5.74) is -1.29. The largest absolute Gasteiger partial charge is 0.477 e. The number of hydrogen-bond acceptors (Lipinski definition) is 4. The number of carboxylic acids is 1. The highest BCUT2D eigenvalue weighted by Crippen LogP contribution is 1.98. The summed E-state index contributed by atoms with van der Waals surface area (Å²) in [6, 6.07) is 1.55. The molecule has 1 aromatic heterocycles. The van der Waals surface area contributed by atoms with Gasteiger partial charge in [0.15, 0.2) is 0 Å². The third kappa shape index (κ3) is 1.54. The van der Waals surface area contributed by atoms with Gasteiger partial charge < -0.3 is 10.1 Å². The van der Waals surface area contributed by atoms with Crippen LogP contribution in [0.4, 0.5) is 0 Å². The number of aromatic nitrogens is 2. The molecule has 0 saturated heterocycles. The first-order valence-electron chi connectivity index (χ1n) is 3.30. The highest BCUT2D eigenvalue weighted by molar-refractivity contribution is 5.86. The predicted molar refractivity (Wildman–Crippen MR) is 41.3 cm³/mol. The van der Waals surface area contributed by atoms with E-state index in [4.69, 9.17) is 10.4 Å². The number of nitrogens with zero attached hydrogens (tertiary/aromatic N) is 2. The van der Waals surface area contributed by atoms with Crippen molar-refractivity contribution < 1.29 is 9.90 Å². The number of aromatic carboxylic acids is 1. The van der Waals surface area contributed by atoms with Crippen molar-refractivity contribution in [3.63, 3.8) is 0 Å². The van der Waals surface area contributed by atoms with Crippen LogP contribution in [0.1, 0.15) is 21.9 Å². The van der Waals surface area contributed by atoms with E-state index in [2.05, 4.69) is 9.97 Å². The Balaban J connectivity index is 3.48. The van der Waals surface area contributed by atoms with Gasteiger partial charge in [-0.05, 0) is 6.92 Å². The predicted octanol–water partition coefficient (Wildman–Crippen LogP) is -0.352. The lowest BCUT2D eigenvalue weighted by atomic mass is 10.3. The van der Waals surface area contributed by atoms with Gasteiger partial charge in [-0.2, -0.15) is 5.26 Å². The minimum absolute atomic E-state index is 0.114. The maximum absolute atomic E-state index is 10.9. The third-order valence-electron chi connectivity index (χ3n) is 1.41. The molecule has 0 amide bonds. The van der Waals surface area contributed by atoms with Crippen LogP contribution in [0.5, 0.6) is 0 Å². The van der Waals surface area contributed by atoms with Crippen molar-refractivity contribution in [3.05, 3.63) is 27.4 Å². The van der Waals surface area contributed by atoms with Crippen molar-refractivity contribution in [1.82, 2.24) is 9.97 Å². The van der Waals surface area contributed by atoms with E-state index in [0.29, 0.717) is 0 Å². The quantitative estimate of drug-likeness (QED) is 0.612. The van der Waals surface area contributed by atoms with Crippen molar-refractivity contribution in [3.8, 4) is 6.07 Å². The monoisotopic (exact) mass is 179 g/mol. The molecule has 0 aromatic carbocycles. The highest BCUT2D eigenvalue weighted by Gasteiger charge is 2.11. The molecule has 0 saturated carbocycles. The van der Waals surface area contributed by atoms with Crippen molar-refractivity contribution in [2.24, 2.45) is 0 Å². The van der Waals surface area contributed by atoms with Crippen molar-refractivity contribution >= 4 is 5.97 Å². The molecular formula is C7H5N3O3. The normalized spacial score (nSPS) is 9.23. The Morgan fingerprint density at radius 1 is 1.69 bits per heavy atom. The number of aromatic amines is 1. The van der Waals surface area contributed by atoms with Crippen molar-refractivity contribution in [1.29, 1.82) is 5.26 Å². The zero-order valence-corrected chi connectivity index (χ0v) is 6.66. The summed E-state index contributed by atoms with van der Waals surface area (Å²) in [7, 11) is 0. The van der Waals surface area contributed by atoms with Crippen LogP contribution in [-0.4, -0.2) is 21.0 Å². The minimum Gasteiger partial charge on any atom is -0.477 e. The lowest BCUT2D eigenvalue weighted by Gasteiger charge is -1.98. The lowest BCUT2D eigenvalue weighted by Crippen LogP contribution is -2.19. The smallest absolute Gasteiger partial charge is 0.354 e. The number of rotatable bonds is 1. The molecule has 2 N–H and O–H groups in total. The van der Waals surface area contributed by atoms with Crippen LogP contribution in [0, 0.1) is 18.3 Å². The summed E-state index contributed by atoms with van der Waals surface area (Å²) < 4.78 is 0. The summed E-state index contributed by atoms with van der Waals surface area (Å²) >= 11 is 0. The van der Waals surface area contributed by atoms with Crippen LogP contribution in [0.15, 0.2) is 4.79 Å². The number of nitrogens with one attached hydrogen (secondary N) is 1. The van der Waals surface area contributed by atoms with Gasteiger partial charge in [-0.25, -0.2) is 9.78 Å². The Morgan fingerprint density at radius 3 is 2.77 bits per heavy atom. The fraction of sp³-hybridized carbons (Fsp3) is 0.143. The molecule has 0 atom stereocenters. The first-order valence-corrected chi connectivity index (χ1v) is 3.30. The van der Waals surface area contributed by atoms with E-state index in [1.54, 1.807) is 6.07 Å². The van der Waals surface area contributed by atoms with Crippen molar-refractivity contribution in [2.45, 2.75) is 6.92 Å². The van der Waals surface area contributed by atoms with Crippen LogP contribution >= 0.6 is 0 Å². The summed E-state index contributed by atoms with van der Waals surface area (Å²) in [6.07, 6.45) is 0. The molecule has 13 heavy (non-hydrogen) atoms. The van der Waals surface area contributed by atoms with E-state index >= 15 is 0 Å². The molecule has 0 fully saturated rings. The van der Waals surface area contributed by atoms with Gasteiger partial charge in [0.1, 0.15) is 11.8 Å². The maximum Gasteiger partial charge on any atom is 0.354 e. The van der Waals surface area contributed by atoms with Crippen molar-refractivity contribution in [2.75, 3.05) is 0 Å². The topological polar surface area (TPSA) is 107 Å². The molecule has 0 bridgehead atoms. The van der Waals surface area contributed by atoms with Crippen LogP contribution < -0.4 is 5.56 Å². The minimum atomic E-state index is -1.27. The summed E-state index contributed by atoms with van der Waals surface area (Å²) in [5.74, 6) is -1.27. The first-order chi connectivity index (χ1) is 6.06. The molecule has 66 valence electrons. The zero-order valence-electron chi connectivity index (χ0n) is 6.66. The van der Waals surface area contributed by atoms with Crippen LogP contribution in [-0.2, 0) is 0 Å². The average Bonchev–Trinajstić information content (AvgIpc) is 2.07. The molecular weight excluding hydrogens is 174 g/mol. The van der Waals surface area contributed by atoms with Gasteiger partial charge in [-0.3, -0.25) is 4.79 Å². The fourth-order valence-corrected chi connectivity index (χ4v) is 0.822. The molecule has 0 aliphatic carbocycles. The molecule has 6 nitrogen and oxygen atoms in total. The number of carbonyl (C=O) groups is 1. The molecule has 0 radical (unpaired) electrons. The lowest BCUT2D eigenvalue weighted by molar-refractivity contribution is 0.0688. The van der Waals surface area contributed by atoms with E-state index in [-0.39, 0.29) is 17.1 Å². The van der Waals surface area contributed by atoms with Gasteiger partial charge in [0.25, 0.3) is 5.56 Å². The third-order valence-corrected chi connectivity index (χ3v) is 1.41. The van der Waals surface area contributed by atoms with E-state index in [1.165, 1.54) is 6.92 Å². The van der Waals surface area contributed by atoms with Gasteiger partial charge in [0, 0.05) is 0 Å². The molecule has 0 aliphatic rings. The van der Waals surface area contributed by atoms with Crippen LogP contribution in [0.25, 0.3) is 0 Å². The number of aryl methyl sites for hydroxylation is 1. The van der Waals surface area contributed by atoms with E-state index in [1.807, 2.05) is 0 Å². The Hall–Kier alpha value is -2.16. The molecule has 6 heteroatoms. The number of carboxylic acid groups (broad SMARTS) is 1. The zero-order chi connectivity index (χ0) is 10.0. The van der Waals surface area contributed by atoms with Gasteiger partial charge in [0.05, 0.1) is 5.69 Å². The van der Waals surface area contributed by atoms with Gasteiger partial charge in [-0.1, -0.05) is 0 Å². The second-order valence-electron chi connectivity index (χ2n) is 2.29. The standard InChI is InChI=1S/C7H5N3O3/c1-3-5(7(12)13)10-6(11)4(2-8)9-3/h1H3,(H,10,11)(H,12,13). The molecule has 0 unspecified atom stereocenters. The Kier molecular flexibility index (Phi) is 2.11. The molecule has 0 aliphatic heterocycles. The molecule has 1 rings (SSSR count). The number of H-pyrrole nitrogens is 1. The summed E-state index contributed by atoms with van der Waals surface area (Å²) in [4.78, 5) is 27.0. The van der Waals surface area contributed by atoms with E-state index in [0.717, 1.165) is 0 Å². The van der Waals surface area contributed by atoms with E-state index < -0.39 is 11.5 Å². The summed E-state index contributed by atoms with van der Waals surface area (Å²) in [6.45, 7) is 1.40. The molecule has 0 spiro atoms. The van der Waals surface area contributed by atoms with Gasteiger partial charge in [0.2, 0.25) is 5.69 Å². The second kappa shape index (κ2) is 3.06. The maximum atomic E-state index is 10.9. The fourth-order valence-electron chi connectivity index (χ4n) is 0.822. The van der Waals surface area contributed by atoms with Gasteiger partial charge in [-0.15, -0.1) is 0 Å². The Morgan fingerprint density at radius 2 is 2.31 bits per heavy atom.